The predicted molar refractivity (Wildman–Crippen MR) is 21.9 cm³/mol. The summed E-state index contributed by atoms with van der Waals surface area (Å²) in [5.74, 6) is 0. The van der Waals surface area contributed by atoms with E-state index in [0.717, 1.165) is 0 Å². The maximum absolute atomic E-state index is 9.41. The van der Waals surface area contributed by atoms with Crippen molar-refractivity contribution in [3.8, 4) is 6.07 Å². The van der Waals surface area contributed by atoms with Crippen LogP contribution in [0.25, 0.3) is 0 Å². The number of hydrogen-bond donors (Lipinski definition) is 0. The molecule has 0 radical (unpaired) electrons. The Morgan fingerprint density at radius 3 is 2.43 bits per heavy atom. The number of hydrogen-bond acceptors (Lipinski definition) is 2. The zero-order valence-corrected chi connectivity index (χ0v) is 6.14. The van der Waals surface area contributed by atoms with E-state index < -0.39 is 0 Å². The van der Waals surface area contributed by atoms with Crippen molar-refractivity contribution in [3.05, 3.63) is 12.2 Å². The first-order valence-corrected chi connectivity index (χ1v) is 1.35. The quantitative estimate of drug-likeness (QED) is 0.158. The van der Waals surface area contributed by atoms with Crippen LogP contribution in [0.5, 0.6) is 0 Å². The summed E-state index contributed by atoms with van der Waals surface area (Å²) in [6, 6.07) is 1.55. The predicted octanol–water partition coefficient (Wildman–Crippen LogP) is -2.62. The van der Waals surface area contributed by atoms with Gasteiger partial charge in [-0.2, -0.15) is 5.26 Å². The molecule has 0 amide bonds. The second-order valence-corrected chi connectivity index (χ2v) is 0.755. The Balaban J connectivity index is -0.000000125. The van der Waals surface area contributed by atoms with Crippen molar-refractivity contribution in [2.24, 2.45) is 0 Å². The van der Waals surface area contributed by atoms with Crippen molar-refractivity contribution in [2.75, 3.05) is 0 Å². The fourth-order valence-electron chi connectivity index (χ4n) is 0.0264. The molecule has 3 heteroatoms. The summed E-state index contributed by atoms with van der Waals surface area (Å²) in [4.78, 5) is 9.41. The Morgan fingerprint density at radius 2 is 2.43 bits per heavy atom. The standard InChI is InChI=1S/C4H3NO.Na.H/c1-4(2-5)3-6;;/h3H,1H2;;/q;+1;-1. The summed E-state index contributed by atoms with van der Waals surface area (Å²) in [5, 5.41) is 7.75. The van der Waals surface area contributed by atoms with Gasteiger partial charge in [0.05, 0.1) is 5.57 Å². The zero-order chi connectivity index (χ0) is 4.99. The fraction of sp³-hybridized carbons (Fsp3) is 0. The number of nitriles is 1. The minimum Gasteiger partial charge on any atom is -1.00 e. The van der Waals surface area contributed by atoms with Crippen LogP contribution in [0.3, 0.4) is 0 Å². The topological polar surface area (TPSA) is 40.9 Å². The van der Waals surface area contributed by atoms with Gasteiger partial charge in [-0.25, -0.2) is 0 Å². The molecule has 0 saturated heterocycles. The molecule has 0 fully saturated rings. The molecule has 0 heterocycles. The minimum absolute atomic E-state index is 0. The van der Waals surface area contributed by atoms with Gasteiger partial charge >= 0.3 is 29.6 Å². The molecular formula is C4H4NNaO. The van der Waals surface area contributed by atoms with Crippen LogP contribution in [0.1, 0.15) is 1.43 Å². The molecule has 0 atom stereocenters. The van der Waals surface area contributed by atoms with Gasteiger partial charge in [0.25, 0.3) is 0 Å². The van der Waals surface area contributed by atoms with Gasteiger partial charge in [-0.05, 0) is 0 Å². The molecule has 0 aromatic rings. The van der Waals surface area contributed by atoms with Crippen molar-refractivity contribution in [1.82, 2.24) is 0 Å². The SMILES string of the molecule is C=C(C#N)C=O.[H-].[Na+]. The summed E-state index contributed by atoms with van der Waals surface area (Å²) in [6.07, 6.45) is 0.417. The van der Waals surface area contributed by atoms with E-state index in [1.807, 2.05) is 0 Å². The van der Waals surface area contributed by atoms with Crippen LogP contribution in [0.2, 0.25) is 0 Å². The van der Waals surface area contributed by atoms with Gasteiger partial charge in [-0.15, -0.1) is 0 Å². The van der Waals surface area contributed by atoms with E-state index in [1.165, 1.54) is 0 Å². The fourth-order valence-corrected chi connectivity index (χ4v) is 0.0264. The number of rotatable bonds is 1. The van der Waals surface area contributed by atoms with Gasteiger partial charge in [0, 0.05) is 0 Å². The molecule has 0 bridgehead atoms. The minimum atomic E-state index is -0.0324. The Bertz CT molecular complexity index is 118. The second-order valence-electron chi connectivity index (χ2n) is 0.755. The maximum atomic E-state index is 9.41. The van der Waals surface area contributed by atoms with Gasteiger partial charge in [0.1, 0.15) is 6.07 Å². The van der Waals surface area contributed by atoms with Gasteiger partial charge < -0.3 is 1.43 Å². The zero-order valence-electron chi connectivity index (χ0n) is 5.14. The molecule has 32 valence electrons. The summed E-state index contributed by atoms with van der Waals surface area (Å²) in [6.45, 7) is 3.06. The normalized spacial score (nSPS) is 5.00. The number of allylic oxidation sites excluding steroid dienone is 1. The molecule has 0 aromatic heterocycles. The summed E-state index contributed by atoms with van der Waals surface area (Å²) >= 11 is 0. The van der Waals surface area contributed by atoms with Crippen LogP contribution in [-0.4, -0.2) is 6.29 Å². The van der Waals surface area contributed by atoms with Crippen molar-refractivity contribution in [3.63, 3.8) is 0 Å². The Hall–Kier alpha value is -0.100. The number of carbonyl (C=O) groups excluding carboxylic acids is 1. The molecule has 0 rings (SSSR count). The largest absolute Gasteiger partial charge is 1.00 e. The van der Waals surface area contributed by atoms with E-state index in [4.69, 9.17) is 5.26 Å². The molecule has 0 spiro atoms. The first-order valence-electron chi connectivity index (χ1n) is 1.35. The van der Waals surface area contributed by atoms with Crippen molar-refractivity contribution >= 4 is 6.29 Å². The Kier molecular flexibility index (Phi) is 8.43. The van der Waals surface area contributed by atoms with Crippen LogP contribution in [0, 0.1) is 11.3 Å². The summed E-state index contributed by atoms with van der Waals surface area (Å²) in [7, 11) is 0. The van der Waals surface area contributed by atoms with E-state index in [0.29, 0.717) is 6.29 Å². The molecule has 0 aliphatic heterocycles. The van der Waals surface area contributed by atoms with Gasteiger partial charge in [0.2, 0.25) is 0 Å². The molecule has 0 N–H and O–H groups in total. The third kappa shape index (κ3) is 5.90. The molecule has 2 nitrogen and oxygen atoms in total. The molecule has 0 aliphatic rings. The summed E-state index contributed by atoms with van der Waals surface area (Å²) in [5.41, 5.74) is -0.0324. The van der Waals surface area contributed by atoms with E-state index in [-0.39, 0.29) is 36.6 Å². The maximum Gasteiger partial charge on any atom is 1.00 e. The van der Waals surface area contributed by atoms with E-state index in [1.54, 1.807) is 6.07 Å². The van der Waals surface area contributed by atoms with Gasteiger partial charge in [-0.1, -0.05) is 6.58 Å². The van der Waals surface area contributed by atoms with Crippen LogP contribution in [0.4, 0.5) is 0 Å². The average Bonchev–Trinajstić information content (AvgIpc) is 1.65. The third-order valence-electron chi connectivity index (χ3n) is 0.286. The monoisotopic (exact) mass is 105 g/mol. The van der Waals surface area contributed by atoms with Crippen molar-refractivity contribution in [2.45, 2.75) is 0 Å². The molecule has 0 saturated carbocycles. The van der Waals surface area contributed by atoms with Crippen LogP contribution >= 0.6 is 0 Å². The molecule has 0 aromatic carbocycles. The molecule has 7 heavy (non-hydrogen) atoms. The molecule has 0 aliphatic carbocycles. The number of aldehydes is 1. The van der Waals surface area contributed by atoms with Crippen molar-refractivity contribution in [1.29, 1.82) is 5.26 Å². The first-order chi connectivity index (χ1) is 2.81. The smallest absolute Gasteiger partial charge is 1.00 e. The van der Waals surface area contributed by atoms with Crippen LogP contribution < -0.4 is 29.6 Å². The van der Waals surface area contributed by atoms with Crippen LogP contribution in [-0.2, 0) is 4.79 Å². The second kappa shape index (κ2) is 5.90. The first kappa shape index (κ1) is 10.0. The van der Waals surface area contributed by atoms with E-state index in [9.17, 15) is 4.79 Å². The van der Waals surface area contributed by atoms with Crippen molar-refractivity contribution < 1.29 is 35.8 Å². The van der Waals surface area contributed by atoms with Gasteiger partial charge in [0.15, 0.2) is 6.29 Å². The Morgan fingerprint density at radius 1 is 2.00 bits per heavy atom. The van der Waals surface area contributed by atoms with E-state index in [2.05, 4.69) is 6.58 Å². The Labute approximate surface area is 65.6 Å². The molecular weight excluding hydrogens is 101 g/mol. The third-order valence-corrected chi connectivity index (χ3v) is 0.286. The summed E-state index contributed by atoms with van der Waals surface area (Å²) < 4.78 is 0. The number of carbonyl (C=O) groups is 1. The van der Waals surface area contributed by atoms with Crippen LogP contribution in [0.15, 0.2) is 12.2 Å². The number of nitrogens with zero attached hydrogens (tertiary/aromatic N) is 1. The van der Waals surface area contributed by atoms with E-state index >= 15 is 0 Å². The average molecular weight is 105 g/mol. The molecule has 0 unspecified atom stereocenters. The van der Waals surface area contributed by atoms with Gasteiger partial charge in [-0.3, -0.25) is 4.79 Å².